The van der Waals surface area contributed by atoms with Crippen LogP contribution in [0.3, 0.4) is 0 Å². The van der Waals surface area contributed by atoms with Crippen LogP contribution in [0.2, 0.25) is 0 Å². The van der Waals surface area contributed by atoms with Gasteiger partial charge in [0.15, 0.2) is 0 Å². The third-order valence-corrected chi connectivity index (χ3v) is 3.79. The number of nitrogens with one attached hydrogen (secondary N) is 1. The van der Waals surface area contributed by atoms with Crippen molar-refractivity contribution in [3.8, 4) is 0 Å². The minimum Gasteiger partial charge on any atom is -0.395 e. The summed E-state index contributed by atoms with van der Waals surface area (Å²) in [6.45, 7) is 10.2. The van der Waals surface area contributed by atoms with Gasteiger partial charge in [-0.25, -0.2) is 0 Å². The van der Waals surface area contributed by atoms with Crippen molar-refractivity contribution in [2.45, 2.75) is 58.5 Å². The van der Waals surface area contributed by atoms with Gasteiger partial charge in [-0.2, -0.15) is 0 Å². The fourth-order valence-corrected chi connectivity index (χ4v) is 2.76. The summed E-state index contributed by atoms with van der Waals surface area (Å²) in [7, 11) is 0. The second-order valence-electron chi connectivity index (χ2n) is 5.71. The highest BCUT2D eigenvalue weighted by atomic mass is 16.3. The number of likely N-dealkylation sites (tertiary alicyclic amines) is 1. The molecule has 1 fully saturated rings. The van der Waals surface area contributed by atoms with E-state index >= 15 is 0 Å². The molecule has 0 radical (unpaired) electrons. The Labute approximate surface area is 107 Å². The maximum atomic E-state index is 9.38. The molecule has 2 N–H and O–H groups in total. The van der Waals surface area contributed by atoms with Gasteiger partial charge < -0.3 is 15.3 Å². The maximum absolute atomic E-state index is 9.38. The molecule has 0 aliphatic carbocycles. The first kappa shape index (κ1) is 14.9. The molecule has 3 nitrogen and oxygen atoms in total. The van der Waals surface area contributed by atoms with Crippen molar-refractivity contribution < 1.29 is 5.11 Å². The van der Waals surface area contributed by atoms with Gasteiger partial charge in [0.2, 0.25) is 0 Å². The van der Waals surface area contributed by atoms with E-state index in [4.69, 9.17) is 0 Å². The van der Waals surface area contributed by atoms with Crippen LogP contribution < -0.4 is 5.32 Å². The summed E-state index contributed by atoms with van der Waals surface area (Å²) in [6.07, 6.45) is 5.35. The van der Waals surface area contributed by atoms with E-state index in [0.29, 0.717) is 6.04 Å². The summed E-state index contributed by atoms with van der Waals surface area (Å²) in [6, 6.07) is 0.677. The number of hydrogen-bond donors (Lipinski definition) is 2. The van der Waals surface area contributed by atoms with Gasteiger partial charge in [0.05, 0.1) is 6.61 Å². The second kappa shape index (κ2) is 8.06. The van der Waals surface area contributed by atoms with Crippen molar-refractivity contribution in [3.63, 3.8) is 0 Å². The predicted octanol–water partition coefficient (Wildman–Crippen LogP) is 1.86. The first-order chi connectivity index (χ1) is 8.15. The molecule has 0 bridgehead atoms. The van der Waals surface area contributed by atoms with Crippen LogP contribution in [-0.2, 0) is 0 Å². The Hall–Kier alpha value is -0.120. The standard InChI is InChI=1S/C14H30N2O/c1-4-13-6-5-8-16(9-7-13)10-14(11-17)15-12(2)3/h12-15,17H,4-11H2,1-3H3. The van der Waals surface area contributed by atoms with Crippen LogP contribution in [0.4, 0.5) is 0 Å². The lowest BCUT2D eigenvalue weighted by molar-refractivity contribution is 0.177. The van der Waals surface area contributed by atoms with Crippen LogP contribution in [0, 0.1) is 5.92 Å². The van der Waals surface area contributed by atoms with Gasteiger partial charge in [0.1, 0.15) is 0 Å². The Morgan fingerprint density at radius 1 is 1.29 bits per heavy atom. The van der Waals surface area contributed by atoms with E-state index in [9.17, 15) is 5.11 Å². The van der Waals surface area contributed by atoms with E-state index < -0.39 is 0 Å². The third kappa shape index (κ3) is 5.84. The summed E-state index contributed by atoms with van der Waals surface area (Å²) >= 11 is 0. The molecule has 1 heterocycles. The largest absolute Gasteiger partial charge is 0.395 e. The summed E-state index contributed by atoms with van der Waals surface area (Å²) in [4.78, 5) is 2.52. The SMILES string of the molecule is CCC1CCCN(CC(CO)NC(C)C)CC1. The molecule has 1 aliphatic heterocycles. The normalized spacial score (nSPS) is 24.9. The van der Waals surface area contributed by atoms with Crippen LogP contribution >= 0.6 is 0 Å². The quantitative estimate of drug-likeness (QED) is 0.746. The smallest absolute Gasteiger partial charge is 0.0597 e. The molecular weight excluding hydrogens is 212 g/mol. The number of aliphatic hydroxyl groups is 1. The summed E-state index contributed by atoms with van der Waals surface area (Å²) in [5.74, 6) is 0.922. The minimum absolute atomic E-state index is 0.230. The van der Waals surface area contributed by atoms with Crippen LogP contribution in [0.25, 0.3) is 0 Å². The lowest BCUT2D eigenvalue weighted by Crippen LogP contribution is -2.46. The molecule has 2 unspecified atom stereocenters. The van der Waals surface area contributed by atoms with E-state index in [2.05, 4.69) is 31.0 Å². The number of hydrogen-bond acceptors (Lipinski definition) is 3. The number of nitrogens with zero attached hydrogens (tertiary/aromatic N) is 1. The molecule has 1 aliphatic rings. The van der Waals surface area contributed by atoms with Crippen molar-refractivity contribution in [1.29, 1.82) is 0 Å². The van der Waals surface area contributed by atoms with E-state index in [-0.39, 0.29) is 12.6 Å². The number of rotatable bonds is 6. The Balaban J connectivity index is 2.34. The molecular formula is C14H30N2O. The average molecular weight is 242 g/mol. The molecule has 1 saturated heterocycles. The van der Waals surface area contributed by atoms with E-state index in [0.717, 1.165) is 12.5 Å². The Kier molecular flexibility index (Phi) is 7.09. The van der Waals surface area contributed by atoms with Gasteiger partial charge in [0, 0.05) is 18.6 Å². The molecule has 2 atom stereocenters. The zero-order valence-electron chi connectivity index (χ0n) is 11.8. The van der Waals surface area contributed by atoms with Gasteiger partial charge in [-0.15, -0.1) is 0 Å². The highest BCUT2D eigenvalue weighted by molar-refractivity contribution is 4.76. The zero-order valence-corrected chi connectivity index (χ0v) is 11.8. The molecule has 0 saturated carbocycles. The topological polar surface area (TPSA) is 35.5 Å². The minimum atomic E-state index is 0.230. The van der Waals surface area contributed by atoms with Gasteiger partial charge in [-0.3, -0.25) is 0 Å². The molecule has 0 amide bonds. The molecule has 17 heavy (non-hydrogen) atoms. The molecule has 0 aromatic carbocycles. The van der Waals surface area contributed by atoms with Crippen LogP contribution in [0.15, 0.2) is 0 Å². The summed E-state index contributed by atoms with van der Waals surface area (Å²) in [5.41, 5.74) is 0. The lowest BCUT2D eigenvalue weighted by Gasteiger charge is -2.27. The second-order valence-corrected chi connectivity index (χ2v) is 5.71. The monoisotopic (exact) mass is 242 g/mol. The molecule has 1 rings (SSSR count). The lowest BCUT2D eigenvalue weighted by atomic mass is 9.98. The van der Waals surface area contributed by atoms with E-state index in [1.807, 2.05) is 0 Å². The summed E-state index contributed by atoms with van der Waals surface area (Å²) < 4.78 is 0. The fourth-order valence-electron chi connectivity index (χ4n) is 2.76. The average Bonchev–Trinajstić information content (AvgIpc) is 2.52. The molecule has 0 spiro atoms. The van der Waals surface area contributed by atoms with Crippen LogP contribution in [-0.4, -0.2) is 48.3 Å². The van der Waals surface area contributed by atoms with Crippen LogP contribution in [0.5, 0.6) is 0 Å². The maximum Gasteiger partial charge on any atom is 0.0597 e. The van der Waals surface area contributed by atoms with Crippen molar-refractivity contribution >= 4 is 0 Å². The predicted molar refractivity (Wildman–Crippen MR) is 73.2 cm³/mol. The summed E-state index contributed by atoms with van der Waals surface area (Å²) in [5, 5.41) is 12.8. The van der Waals surface area contributed by atoms with Gasteiger partial charge in [-0.05, 0) is 38.3 Å². The fraction of sp³-hybridized carbons (Fsp3) is 1.00. The van der Waals surface area contributed by atoms with E-state index in [1.54, 1.807) is 0 Å². The van der Waals surface area contributed by atoms with Gasteiger partial charge in [0.25, 0.3) is 0 Å². The van der Waals surface area contributed by atoms with Crippen molar-refractivity contribution in [3.05, 3.63) is 0 Å². The molecule has 0 aromatic heterocycles. The molecule has 3 heteroatoms. The van der Waals surface area contributed by atoms with Crippen molar-refractivity contribution in [2.24, 2.45) is 5.92 Å². The van der Waals surface area contributed by atoms with E-state index in [1.165, 1.54) is 38.8 Å². The first-order valence-corrected chi connectivity index (χ1v) is 7.25. The van der Waals surface area contributed by atoms with Gasteiger partial charge in [-0.1, -0.05) is 27.2 Å². The third-order valence-electron chi connectivity index (χ3n) is 3.79. The highest BCUT2D eigenvalue weighted by Gasteiger charge is 2.18. The Morgan fingerprint density at radius 2 is 2.06 bits per heavy atom. The first-order valence-electron chi connectivity index (χ1n) is 7.25. The van der Waals surface area contributed by atoms with Crippen molar-refractivity contribution in [1.82, 2.24) is 10.2 Å². The van der Waals surface area contributed by atoms with Crippen molar-refractivity contribution in [2.75, 3.05) is 26.2 Å². The number of aliphatic hydroxyl groups excluding tert-OH is 1. The zero-order chi connectivity index (χ0) is 12.7. The molecule has 0 aromatic rings. The van der Waals surface area contributed by atoms with Crippen LogP contribution in [0.1, 0.15) is 46.5 Å². The highest BCUT2D eigenvalue weighted by Crippen LogP contribution is 2.20. The Morgan fingerprint density at radius 3 is 2.65 bits per heavy atom. The Bertz CT molecular complexity index is 197. The van der Waals surface area contributed by atoms with Gasteiger partial charge >= 0.3 is 0 Å². The molecule has 102 valence electrons.